The number of anilines is 1. The molecule has 2 aromatic carbocycles. The molecule has 0 heterocycles. The molecular formula is C18H14Br2N2O2. The van der Waals surface area contributed by atoms with Gasteiger partial charge in [0.1, 0.15) is 17.4 Å². The lowest BCUT2D eigenvalue weighted by atomic mass is 10.1. The molecule has 6 heteroatoms. The van der Waals surface area contributed by atoms with Crippen molar-refractivity contribution >= 4 is 49.5 Å². The van der Waals surface area contributed by atoms with Gasteiger partial charge >= 0.3 is 0 Å². The Morgan fingerprint density at radius 1 is 1.25 bits per heavy atom. The first-order chi connectivity index (χ1) is 11.5. The minimum atomic E-state index is -0.464. The minimum absolute atomic E-state index is 0.0156. The second kappa shape index (κ2) is 8.67. The highest BCUT2D eigenvalue weighted by Crippen LogP contribution is 2.27. The van der Waals surface area contributed by atoms with Crippen molar-refractivity contribution in [2.45, 2.75) is 6.92 Å². The maximum absolute atomic E-state index is 12.3. The van der Waals surface area contributed by atoms with Gasteiger partial charge in [-0.2, -0.15) is 5.26 Å². The number of hydrogen-bond acceptors (Lipinski definition) is 3. The van der Waals surface area contributed by atoms with E-state index in [4.69, 9.17) is 4.74 Å². The van der Waals surface area contributed by atoms with Gasteiger partial charge in [0.05, 0.1) is 16.8 Å². The van der Waals surface area contributed by atoms with Crippen molar-refractivity contribution in [3.8, 4) is 11.8 Å². The molecular weight excluding hydrogens is 436 g/mol. The quantitative estimate of drug-likeness (QED) is 0.506. The maximum Gasteiger partial charge on any atom is 0.266 e. The summed E-state index contributed by atoms with van der Waals surface area (Å²) in [5, 5.41) is 12.0. The molecule has 0 atom stereocenters. The molecule has 1 N–H and O–H groups in total. The van der Waals surface area contributed by atoms with Gasteiger partial charge in [0.2, 0.25) is 0 Å². The third-order valence-electron chi connectivity index (χ3n) is 3.05. The summed E-state index contributed by atoms with van der Waals surface area (Å²) in [4.78, 5) is 12.3. The predicted octanol–water partition coefficient (Wildman–Crippen LogP) is 5.16. The Morgan fingerprint density at radius 2 is 2.00 bits per heavy atom. The van der Waals surface area contributed by atoms with E-state index < -0.39 is 5.91 Å². The number of halogens is 2. The van der Waals surface area contributed by atoms with Gasteiger partial charge in [0, 0.05) is 4.47 Å². The van der Waals surface area contributed by atoms with Crippen LogP contribution in [0.1, 0.15) is 12.5 Å². The molecule has 0 aliphatic carbocycles. The second-order valence-electron chi connectivity index (χ2n) is 4.73. The zero-order chi connectivity index (χ0) is 17.5. The lowest BCUT2D eigenvalue weighted by Crippen LogP contribution is -2.13. The number of hydrogen-bond donors (Lipinski definition) is 1. The molecule has 0 aliphatic heterocycles. The summed E-state index contributed by atoms with van der Waals surface area (Å²) >= 11 is 6.77. The lowest BCUT2D eigenvalue weighted by Gasteiger charge is -2.08. The van der Waals surface area contributed by atoms with Crippen LogP contribution in [0.2, 0.25) is 0 Å². The van der Waals surface area contributed by atoms with Gasteiger partial charge in [0.15, 0.2) is 0 Å². The molecule has 0 spiro atoms. The SMILES string of the molecule is CCOc1ccc(/C=C(/C#N)C(=O)Nc2ccccc2Br)cc1Br. The summed E-state index contributed by atoms with van der Waals surface area (Å²) in [6, 6.07) is 14.5. The van der Waals surface area contributed by atoms with Crippen LogP contribution in [0, 0.1) is 11.3 Å². The zero-order valence-electron chi connectivity index (χ0n) is 12.8. The molecule has 0 unspecified atom stereocenters. The van der Waals surface area contributed by atoms with Crippen LogP contribution in [0.3, 0.4) is 0 Å². The Kier molecular flexibility index (Phi) is 6.59. The van der Waals surface area contributed by atoms with Gasteiger partial charge < -0.3 is 10.1 Å². The lowest BCUT2D eigenvalue weighted by molar-refractivity contribution is -0.112. The first-order valence-corrected chi connectivity index (χ1v) is 8.73. The van der Waals surface area contributed by atoms with E-state index >= 15 is 0 Å². The smallest absolute Gasteiger partial charge is 0.266 e. The highest BCUT2D eigenvalue weighted by atomic mass is 79.9. The fraction of sp³-hybridized carbons (Fsp3) is 0.111. The summed E-state index contributed by atoms with van der Waals surface area (Å²) in [5.41, 5.74) is 1.35. The van der Waals surface area contributed by atoms with Crippen LogP contribution in [0.5, 0.6) is 5.75 Å². The third kappa shape index (κ3) is 4.70. The average Bonchev–Trinajstić information content (AvgIpc) is 2.57. The number of nitriles is 1. The van der Waals surface area contributed by atoms with Gasteiger partial charge in [-0.3, -0.25) is 4.79 Å². The maximum atomic E-state index is 12.3. The molecule has 2 rings (SSSR count). The third-order valence-corrected chi connectivity index (χ3v) is 4.37. The van der Waals surface area contributed by atoms with Crippen LogP contribution in [-0.4, -0.2) is 12.5 Å². The van der Waals surface area contributed by atoms with Crippen molar-refractivity contribution in [1.29, 1.82) is 5.26 Å². The Bertz CT molecular complexity index is 826. The normalized spacial score (nSPS) is 10.8. The van der Waals surface area contributed by atoms with Gasteiger partial charge in [-0.15, -0.1) is 0 Å². The van der Waals surface area contributed by atoms with Crippen molar-refractivity contribution in [2.75, 3.05) is 11.9 Å². The number of benzene rings is 2. The largest absolute Gasteiger partial charge is 0.493 e. The van der Waals surface area contributed by atoms with Crippen LogP contribution < -0.4 is 10.1 Å². The van der Waals surface area contributed by atoms with Gasteiger partial charge in [-0.1, -0.05) is 18.2 Å². The Labute approximate surface area is 157 Å². The molecule has 0 bridgehead atoms. The highest BCUT2D eigenvalue weighted by Gasteiger charge is 2.11. The molecule has 0 aromatic heterocycles. The number of carbonyl (C=O) groups excluding carboxylic acids is 1. The number of nitrogens with one attached hydrogen (secondary N) is 1. The van der Waals surface area contributed by atoms with E-state index in [1.54, 1.807) is 30.3 Å². The van der Waals surface area contributed by atoms with Crippen molar-refractivity contribution in [2.24, 2.45) is 0 Å². The molecule has 0 saturated heterocycles. The van der Waals surface area contributed by atoms with Gasteiger partial charge in [-0.05, 0) is 74.7 Å². The number of ether oxygens (including phenoxy) is 1. The topological polar surface area (TPSA) is 62.1 Å². The molecule has 0 fully saturated rings. The standard InChI is InChI=1S/C18H14Br2N2O2/c1-2-24-17-8-7-12(10-15(17)20)9-13(11-21)18(23)22-16-6-4-3-5-14(16)19/h3-10H,2H2,1H3,(H,22,23)/b13-9-. The number of carbonyl (C=O) groups is 1. The van der Waals surface area contributed by atoms with E-state index in [-0.39, 0.29) is 5.57 Å². The number of nitrogens with zero attached hydrogens (tertiary/aromatic N) is 1. The Hall–Kier alpha value is -2.10. The molecule has 0 saturated carbocycles. The van der Waals surface area contributed by atoms with Crippen molar-refractivity contribution in [3.05, 3.63) is 62.5 Å². The number of para-hydroxylation sites is 1. The highest BCUT2D eigenvalue weighted by molar-refractivity contribution is 9.11. The average molecular weight is 450 g/mol. The predicted molar refractivity (Wildman–Crippen MR) is 102 cm³/mol. The first-order valence-electron chi connectivity index (χ1n) is 7.15. The monoisotopic (exact) mass is 448 g/mol. The van der Waals surface area contributed by atoms with E-state index in [0.29, 0.717) is 18.0 Å². The molecule has 4 nitrogen and oxygen atoms in total. The van der Waals surface area contributed by atoms with E-state index in [1.165, 1.54) is 6.08 Å². The molecule has 122 valence electrons. The molecule has 0 radical (unpaired) electrons. The molecule has 1 amide bonds. The Morgan fingerprint density at radius 3 is 2.62 bits per heavy atom. The van der Waals surface area contributed by atoms with Gasteiger partial charge in [-0.25, -0.2) is 0 Å². The van der Waals surface area contributed by atoms with E-state index in [1.807, 2.05) is 25.1 Å². The summed E-state index contributed by atoms with van der Waals surface area (Å²) in [6.07, 6.45) is 1.53. The summed E-state index contributed by atoms with van der Waals surface area (Å²) in [5.74, 6) is 0.250. The van der Waals surface area contributed by atoms with E-state index in [0.717, 1.165) is 14.5 Å². The number of amides is 1. The fourth-order valence-electron chi connectivity index (χ4n) is 1.95. The molecule has 0 aliphatic rings. The molecule has 24 heavy (non-hydrogen) atoms. The first kappa shape index (κ1) is 18.2. The van der Waals surface area contributed by atoms with Crippen LogP contribution in [0.25, 0.3) is 6.08 Å². The minimum Gasteiger partial charge on any atom is -0.493 e. The Balaban J connectivity index is 2.23. The van der Waals surface area contributed by atoms with Crippen LogP contribution in [0.4, 0.5) is 5.69 Å². The van der Waals surface area contributed by atoms with Crippen molar-refractivity contribution in [1.82, 2.24) is 0 Å². The van der Waals surface area contributed by atoms with E-state index in [9.17, 15) is 10.1 Å². The van der Waals surface area contributed by atoms with Crippen molar-refractivity contribution in [3.63, 3.8) is 0 Å². The van der Waals surface area contributed by atoms with Crippen LogP contribution in [-0.2, 0) is 4.79 Å². The summed E-state index contributed by atoms with van der Waals surface area (Å²) < 4.78 is 6.96. The zero-order valence-corrected chi connectivity index (χ0v) is 16.0. The van der Waals surface area contributed by atoms with Crippen LogP contribution >= 0.6 is 31.9 Å². The fourth-order valence-corrected chi connectivity index (χ4v) is 2.84. The second-order valence-corrected chi connectivity index (χ2v) is 6.44. The van der Waals surface area contributed by atoms with Crippen LogP contribution in [0.15, 0.2) is 57.0 Å². The summed E-state index contributed by atoms with van der Waals surface area (Å²) in [6.45, 7) is 2.46. The summed E-state index contributed by atoms with van der Waals surface area (Å²) in [7, 11) is 0. The van der Waals surface area contributed by atoms with Gasteiger partial charge in [0.25, 0.3) is 5.91 Å². The number of rotatable bonds is 5. The van der Waals surface area contributed by atoms with E-state index in [2.05, 4.69) is 37.2 Å². The van der Waals surface area contributed by atoms with Crippen molar-refractivity contribution < 1.29 is 9.53 Å². The molecule has 2 aromatic rings.